The molecule has 2 aromatic carbocycles. The predicted molar refractivity (Wildman–Crippen MR) is 132 cm³/mol. The molecule has 1 aliphatic heterocycles. The molecule has 3 amide bonds. The van der Waals surface area contributed by atoms with Crippen LogP contribution in [0.1, 0.15) is 12.0 Å². The van der Waals surface area contributed by atoms with Crippen LogP contribution < -0.4 is 16.2 Å². The van der Waals surface area contributed by atoms with E-state index in [1.807, 2.05) is 13.0 Å². The molecular weight excluding hydrogens is 456 g/mol. The number of anilines is 2. The van der Waals surface area contributed by atoms with Crippen molar-refractivity contribution in [2.45, 2.75) is 25.5 Å². The Balaban J connectivity index is 1.50. The zero-order valence-corrected chi connectivity index (χ0v) is 19.6. The van der Waals surface area contributed by atoms with E-state index in [0.717, 1.165) is 5.56 Å². The number of carbonyl (C=O) groups excluding carboxylic acids is 2. The van der Waals surface area contributed by atoms with E-state index in [0.29, 0.717) is 35.1 Å². The zero-order chi connectivity index (χ0) is 24.2. The maximum Gasteiger partial charge on any atom is 0.322 e. The van der Waals surface area contributed by atoms with Gasteiger partial charge in [-0.3, -0.25) is 14.2 Å². The van der Waals surface area contributed by atoms with Crippen molar-refractivity contribution in [1.29, 1.82) is 0 Å². The second-order valence-electron chi connectivity index (χ2n) is 8.10. The smallest absolute Gasteiger partial charge is 0.322 e. The van der Waals surface area contributed by atoms with Gasteiger partial charge in [-0.1, -0.05) is 17.7 Å². The van der Waals surface area contributed by atoms with Gasteiger partial charge < -0.3 is 20.3 Å². The summed E-state index contributed by atoms with van der Waals surface area (Å²) in [5, 5.41) is 6.30. The molecule has 9 heteroatoms. The van der Waals surface area contributed by atoms with Crippen LogP contribution in [0.15, 0.2) is 71.7 Å². The van der Waals surface area contributed by atoms with Gasteiger partial charge in [-0.15, -0.1) is 0 Å². The number of pyridine rings is 1. The van der Waals surface area contributed by atoms with Gasteiger partial charge in [-0.05, 0) is 61.0 Å². The molecule has 176 valence electrons. The molecule has 4 rings (SSSR count). The number of hydrogen-bond donors (Lipinski definition) is 2. The van der Waals surface area contributed by atoms with E-state index in [1.54, 1.807) is 61.8 Å². The quantitative estimate of drug-likeness (QED) is 0.576. The number of methoxy groups -OCH3 is 1. The summed E-state index contributed by atoms with van der Waals surface area (Å²) < 4.78 is 6.97. The van der Waals surface area contributed by atoms with Gasteiger partial charge in [0.05, 0.1) is 6.10 Å². The Morgan fingerprint density at radius 3 is 2.50 bits per heavy atom. The fourth-order valence-electron chi connectivity index (χ4n) is 3.96. The number of urea groups is 1. The SMILES string of the molecule is CO[C@@H]1C[C@H](C(=O)Nc2ccc(-n3ccccc3=O)cc2C)N(C(=O)Nc2ccc(Cl)cc2)C1. The van der Waals surface area contributed by atoms with Crippen LogP contribution in [0, 0.1) is 6.92 Å². The lowest BCUT2D eigenvalue weighted by Crippen LogP contribution is -2.45. The maximum absolute atomic E-state index is 13.2. The van der Waals surface area contributed by atoms with Gasteiger partial charge in [0, 0.05) is 54.4 Å². The van der Waals surface area contributed by atoms with Gasteiger partial charge in [-0.25, -0.2) is 4.79 Å². The highest BCUT2D eigenvalue weighted by Crippen LogP contribution is 2.25. The van der Waals surface area contributed by atoms with Gasteiger partial charge in [0.1, 0.15) is 6.04 Å². The van der Waals surface area contributed by atoms with Gasteiger partial charge in [0.2, 0.25) is 5.91 Å². The minimum Gasteiger partial charge on any atom is -0.380 e. The second-order valence-corrected chi connectivity index (χ2v) is 8.53. The summed E-state index contributed by atoms with van der Waals surface area (Å²) in [6, 6.07) is 16.0. The van der Waals surface area contributed by atoms with E-state index in [1.165, 1.54) is 15.5 Å². The third kappa shape index (κ3) is 5.13. The molecule has 1 saturated heterocycles. The van der Waals surface area contributed by atoms with Gasteiger partial charge in [0.25, 0.3) is 5.56 Å². The summed E-state index contributed by atoms with van der Waals surface area (Å²) in [5.74, 6) is -0.307. The summed E-state index contributed by atoms with van der Waals surface area (Å²) in [5.41, 5.74) is 2.54. The van der Waals surface area contributed by atoms with Crippen LogP contribution in [0.4, 0.5) is 16.2 Å². The highest BCUT2D eigenvalue weighted by atomic mass is 35.5. The molecule has 2 N–H and O–H groups in total. The number of halogens is 1. The fourth-order valence-corrected chi connectivity index (χ4v) is 4.09. The Kier molecular flexibility index (Phi) is 7.00. The largest absolute Gasteiger partial charge is 0.380 e. The highest BCUT2D eigenvalue weighted by molar-refractivity contribution is 6.30. The number of nitrogens with zero attached hydrogens (tertiary/aromatic N) is 2. The van der Waals surface area contributed by atoms with Gasteiger partial charge in [0.15, 0.2) is 0 Å². The molecule has 0 spiro atoms. The number of hydrogen-bond acceptors (Lipinski definition) is 4. The Bertz CT molecular complexity index is 1260. The Hall–Kier alpha value is -3.62. The van der Waals surface area contributed by atoms with Crippen LogP contribution in [0.25, 0.3) is 5.69 Å². The minimum atomic E-state index is -0.701. The number of aryl methyl sites for hydroxylation is 1. The van der Waals surface area contributed by atoms with E-state index >= 15 is 0 Å². The maximum atomic E-state index is 13.2. The lowest BCUT2D eigenvalue weighted by molar-refractivity contribution is -0.119. The summed E-state index contributed by atoms with van der Waals surface area (Å²) in [4.78, 5) is 39.7. The molecule has 1 aromatic heterocycles. The standard InChI is InChI=1S/C25H25ClN4O4/c1-16-13-19(29-12-4-3-5-23(29)31)10-11-21(16)28-24(32)22-14-20(34-2)15-30(22)25(33)27-18-8-6-17(26)7-9-18/h3-13,20,22H,14-15H2,1-2H3,(H,27,33)(H,28,32)/t20-,22-/m1/s1. The number of ether oxygens (including phenoxy) is 1. The van der Waals surface area contributed by atoms with Crippen molar-refractivity contribution in [3.63, 3.8) is 0 Å². The second kappa shape index (κ2) is 10.1. The third-order valence-electron chi connectivity index (χ3n) is 5.82. The minimum absolute atomic E-state index is 0.141. The molecule has 0 aliphatic carbocycles. The number of aromatic nitrogens is 1. The summed E-state index contributed by atoms with van der Waals surface area (Å²) in [6.45, 7) is 2.15. The number of carbonyl (C=O) groups is 2. The Labute approximate surface area is 202 Å². The first-order valence-electron chi connectivity index (χ1n) is 10.8. The predicted octanol–water partition coefficient (Wildman–Crippen LogP) is 4.06. The molecular formula is C25H25ClN4O4. The lowest BCUT2D eigenvalue weighted by atomic mass is 10.1. The van der Waals surface area contributed by atoms with Crippen molar-refractivity contribution in [3.8, 4) is 5.69 Å². The van der Waals surface area contributed by atoms with E-state index in [4.69, 9.17) is 16.3 Å². The van der Waals surface area contributed by atoms with E-state index in [2.05, 4.69) is 10.6 Å². The first-order chi connectivity index (χ1) is 16.4. The van der Waals surface area contributed by atoms with Crippen molar-refractivity contribution in [3.05, 3.63) is 87.8 Å². The molecule has 2 atom stereocenters. The average molecular weight is 481 g/mol. The molecule has 1 aliphatic rings. The van der Waals surface area contributed by atoms with E-state index in [9.17, 15) is 14.4 Å². The van der Waals surface area contributed by atoms with E-state index in [-0.39, 0.29) is 17.6 Å². The lowest BCUT2D eigenvalue weighted by Gasteiger charge is -2.24. The number of likely N-dealkylation sites (tertiary alicyclic amines) is 1. The molecule has 2 heterocycles. The summed E-state index contributed by atoms with van der Waals surface area (Å²) in [7, 11) is 1.56. The zero-order valence-electron chi connectivity index (χ0n) is 18.8. The van der Waals surface area contributed by atoms with Gasteiger partial charge >= 0.3 is 6.03 Å². The average Bonchev–Trinajstić information content (AvgIpc) is 3.27. The van der Waals surface area contributed by atoms with E-state index < -0.39 is 12.1 Å². The van der Waals surface area contributed by atoms with Crippen LogP contribution in [0.5, 0.6) is 0 Å². The molecule has 0 saturated carbocycles. The Morgan fingerprint density at radius 2 is 1.82 bits per heavy atom. The number of amides is 3. The van der Waals surface area contributed by atoms with Crippen LogP contribution in [0.3, 0.4) is 0 Å². The van der Waals surface area contributed by atoms with Crippen LogP contribution in [-0.2, 0) is 9.53 Å². The van der Waals surface area contributed by atoms with Crippen LogP contribution >= 0.6 is 11.6 Å². The highest BCUT2D eigenvalue weighted by Gasteiger charge is 2.40. The topological polar surface area (TPSA) is 92.7 Å². The van der Waals surface area contributed by atoms with Crippen molar-refractivity contribution in [2.75, 3.05) is 24.3 Å². The molecule has 1 fully saturated rings. The Morgan fingerprint density at radius 1 is 1.06 bits per heavy atom. The van der Waals surface area contributed by atoms with Crippen molar-refractivity contribution >= 4 is 34.9 Å². The first kappa shape index (κ1) is 23.5. The third-order valence-corrected chi connectivity index (χ3v) is 6.08. The molecule has 0 radical (unpaired) electrons. The molecule has 8 nitrogen and oxygen atoms in total. The van der Waals surface area contributed by atoms with Crippen LogP contribution in [0.2, 0.25) is 5.02 Å². The first-order valence-corrected chi connectivity index (χ1v) is 11.2. The monoisotopic (exact) mass is 480 g/mol. The van der Waals surface area contributed by atoms with Crippen molar-refractivity contribution in [2.24, 2.45) is 0 Å². The fraction of sp³-hybridized carbons (Fsp3) is 0.240. The van der Waals surface area contributed by atoms with Gasteiger partial charge in [-0.2, -0.15) is 0 Å². The molecule has 0 unspecified atom stereocenters. The van der Waals surface area contributed by atoms with Crippen LogP contribution in [-0.4, -0.2) is 47.2 Å². The normalized spacial score (nSPS) is 17.4. The number of nitrogens with one attached hydrogen (secondary N) is 2. The molecule has 34 heavy (non-hydrogen) atoms. The molecule has 0 bridgehead atoms. The van der Waals surface area contributed by atoms with Crippen molar-refractivity contribution < 1.29 is 14.3 Å². The number of benzene rings is 2. The van der Waals surface area contributed by atoms with Crippen molar-refractivity contribution in [1.82, 2.24) is 9.47 Å². The summed E-state index contributed by atoms with van der Waals surface area (Å²) in [6.07, 6.45) is 1.82. The number of rotatable bonds is 5. The summed E-state index contributed by atoms with van der Waals surface area (Å²) >= 11 is 5.91. The molecule has 3 aromatic rings.